The van der Waals surface area contributed by atoms with Crippen molar-refractivity contribution >= 4 is 35.1 Å². The van der Waals surface area contributed by atoms with Gasteiger partial charge >= 0.3 is 0 Å². The number of Topliss-reactive ketones (excluding diaryl/α,β-unsaturated/α-hetero) is 3. The fourth-order valence-corrected chi connectivity index (χ4v) is 9.20. The Hall–Kier alpha value is -2.62. The van der Waals surface area contributed by atoms with Gasteiger partial charge in [0.2, 0.25) is 17.6 Å². The van der Waals surface area contributed by atoms with Crippen molar-refractivity contribution in [3.05, 3.63) is 0 Å². The number of nitrogens with one attached hydrogen (secondary N) is 1. The third-order valence-corrected chi connectivity index (χ3v) is 13.4. The molecule has 5 fully saturated rings. The van der Waals surface area contributed by atoms with E-state index in [1.54, 1.807) is 4.90 Å². The summed E-state index contributed by atoms with van der Waals surface area (Å²) in [5.41, 5.74) is -0.374. The SMILES string of the molecule is C[C@@H]1OCCCCCCC[C@@H](C(=O)C(=O)NC2CC2)CC(=O)[C@@H]2[C@@H]3[C@H](CN2C(=O)[C@H]1CC(=O)C[C@H](CN1CCC(C)(C)CC1=O)C(C)(C)C)C3(C)C. The molecule has 3 heterocycles. The number of likely N-dealkylation sites (tertiary alicyclic amines) is 1. The van der Waals surface area contributed by atoms with Gasteiger partial charge < -0.3 is 19.9 Å². The molecule has 52 heavy (non-hydrogen) atoms. The van der Waals surface area contributed by atoms with E-state index >= 15 is 0 Å². The number of fused-ring (bicyclic) bond motifs is 3. The summed E-state index contributed by atoms with van der Waals surface area (Å²) >= 11 is 0. The predicted octanol–water partition coefficient (Wildman–Crippen LogP) is 5.93. The van der Waals surface area contributed by atoms with E-state index in [2.05, 4.69) is 53.8 Å². The van der Waals surface area contributed by atoms with E-state index in [0.29, 0.717) is 39.1 Å². The van der Waals surface area contributed by atoms with E-state index < -0.39 is 35.7 Å². The summed E-state index contributed by atoms with van der Waals surface area (Å²) in [6.07, 6.45) is 7.67. The number of nitrogens with zero attached hydrogens (tertiary/aromatic N) is 2. The number of carbonyl (C=O) groups excluding carboxylic acids is 6. The van der Waals surface area contributed by atoms with Crippen LogP contribution in [0.4, 0.5) is 0 Å². The van der Waals surface area contributed by atoms with Crippen molar-refractivity contribution in [2.75, 3.05) is 26.2 Å². The van der Waals surface area contributed by atoms with Crippen LogP contribution >= 0.6 is 0 Å². The van der Waals surface area contributed by atoms with Crippen LogP contribution in [0.3, 0.4) is 0 Å². The highest BCUT2D eigenvalue weighted by Gasteiger charge is 2.69. The lowest BCUT2D eigenvalue weighted by Gasteiger charge is -2.41. The van der Waals surface area contributed by atoms with Gasteiger partial charge in [0.05, 0.1) is 18.1 Å². The van der Waals surface area contributed by atoms with Crippen LogP contribution in [-0.4, -0.2) is 89.3 Å². The Kier molecular flexibility index (Phi) is 12.5. The van der Waals surface area contributed by atoms with Gasteiger partial charge in [-0.1, -0.05) is 74.1 Å². The highest BCUT2D eigenvalue weighted by Crippen LogP contribution is 2.65. The lowest BCUT2D eigenvalue weighted by atomic mass is 9.75. The van der Waals surface area contributed by atoms with Crippen LogP contribution in [0.5, 0.6) is 0 Å². The molecule has 0 radical (unpaired) electrons. The molecule has 3 amide bonds. The molecule has 0 spiro atoms. The third-order valence-electron chi connectivity index (χ3n) is 13.4. The Labute approximate surface area is 312 Å². The molecule has 3 saturated heterocycles. The quantitative estimate of drug-likeness (QED) is 0.292. The molecule has 0 aromatic carbocycles. The monoisotopic (exact) mass is 725 g/mol. The minimum atomic E-state index is -0.754. The largest absolute Gasteiger partial charge is 0.378 e. The van der Waals surface area contributed by atoms with Crippen LogP contribution in [0.2, 0.25) is 0 Å². The molecule has 0 aromatic rings. The van der Waals surface area contributed by atoms with Crippen molar-refractivity contribution in [3.63, 3.8) is 0 Å². The number of hydrogen-bond donors (Lipinski definition) is 1. The molecule has 5 aliphatic rings. The number of piperidine rings is 2. The Balaban J connectivity index is 1.35. The van der Waals surface area contributed by atoms with E-state index in [1.165, 1.54) is 0 Å². The maximum Gasteiger partial charge on any atom is 0.287 e. The van der Waals surface area contributed by atoms with Crippen LogP contribution in [0.15, 0.2) is 0 Å². The van der Waals surface area contributed by atoms with Gasteiger partial charge in [0.1, 0.15) is 5.78 Å². The van der Waals surface area contributed by atoms with Crippen molar-refractivity contribution in [2.24, 2.45) is 45.8 Å². The number of amides is 3. The van der Waals surface area contributed by atoms with Gasteiger partial charge in [-0.3, -0.25) is 28.8 Å². The summed E-state index contributed by atoms with van der Waals surface area (Å²) < 4.78 is 6.29. The van der Waals surface area contributed by atoms with Gasteiger partial charge in [-0.25, -0.2) is 0 Å². The first-order valence-electron chi connectivity index (χ1n) is 20.4. The number of carbonyl (C=O) groups is 6. The fourth-order valence-electron chi connectivity index (χ4n) is 9.20. The second-order valence-electron chi connectivity index (χ2n) is 19.5. The van der Waals surface area contributed by atoms with Gasteiger partial charge in [-0.05, 0) is 73.0 Å². The zero-order valence-electron chi connectivity index (χ0n) is 33.4. The van der Waals surface area contributed by atoms with E-state index in [1.807, 2.05) is 11.8 Å². The zero-order valence-corrected chi connectivity index (χ0v) is 33.4. The summed E-state index contributed by atoms with van der Waals surface area (Å²) in [5, 5.41) is 2.82. The lowest BCUT2D eigenvalue weighted by molar-refractivity contribution is -0.149. The normalized spacial score (nSPS) is 32.1. The van der Waals surface area contributed by atoms with Gasteiger partial charge in [0, 0.05) is 63.9 Å². The van der Waals surface area contributed by atoms with Gasteiger partial charge in [-0.2, -0.15) is 0 Å². The molecule has 5 rings (SSSR count). The molecule has 10 heteroatoms. The van der Waals surface area contributed by atoms with Crippen LogP contribution in [0, 0.1) is 45.8 Å². The molecule has 2 saturated carbocycles. The minimum Gasteiger partial charge on any atom is -0.378 e. The van der Waals surface area contributed by atoms with Gasteiger partial charge in [0.15, 0.2) is 5.78 Å². The first-order chi connectivity index (χ1) is 24.3. The summed E-state index contributed by atoms with van der Waals surface area (Å²) in [6.45, 7) is 18.8. The Morgan fingerprint density at radius 3 is 2.29 bits per heavy atom. The molecule has 0 unspecified atom stereocenters. The second kappa shape index (κ2) is 16.0. The van der Waals surface area contributed by atoms with Crippen molar-refractivity contribution in [1.29, 1.82) is 0 Å². The summed E-state index contributed by atoms with van der Waals surface area (Å²) in [6, 6.07) is -0.639. The van der Waals surface area contributed by atoms with Crippen molar-refractivity contribution in [2.45, 2.75) is 157 Å². The fraction of sp³-hybridized carbons (Fsp3) is 0.857. The maximum absolute atomic E-state index is 14.7. The molecular weight excluding hydrogens is 658 g/mol. The Bertz CT molecular complexity index is 1380. The highest BCUT2D eigenvalue weighted by molar-refractivity contribution is 6.37. The van der Waals surface area contributed by atoms with Crippen molar-refractivity contribution in [1.82, 2.24) is 15.1 Å². The topological polar surface area (TPSA) is 130 Å². The molecule has 7 atom stereocenters. The highest BCUT2D eigenvalue weighted by atomic mass is 16.5. The molecule has 2 aliphatic carbocycles. The van der Waals surface area contributed by atoms with Crippen LogP contribution in [0.1, 0.15) is 139 Å². The van der Waals surface area contributed by atoms with Gasteiger partial charge in [-0.15, -0.1) is 0 Å². The second-order valence-corrected chi connectivity index (χ2v) is 19.5. The van der Waals surface area contributed by atoms with Crippen molar-refractivity contribution < 1.29 is 33.5 Å². The van der Waals surface area contributed by atoms with E-state index in [0.717, 1.165) is 51.4 Å². The first kappa shape index (κ1) is 40.6. The van der Waals surface area contributed by atoms with Crippen molar-refractivity contribution in [3.8, 4) is 0 Å². The van der Waals surface area contributed by atoms with E-state index in [-0.39, 0.29) is 82.7 Å². The zero-order chi connectivity index (χ0) is 38.2. The predicted molar refractivity (Wildman–Crippen MR) is 199 cm³/mol. The first-order valence-corrected chi connectivity index (χ1v) is 20.4. The Morgan fingerprint density at radius 1 is 0.962 bits per heavy atom. The number of hydrogen-bond acceptors (Lipinski definition) is 7. The molecule has 1 N–H and O–H groups in total. The summed E-state index contributed by atoms with van der Waals surface area (Å²) in [7, 11) is 0. The molecule has 0 bridgehead atoms. The molecule has 292 valence electrons. The lowest BCUT2D eigenvalue weighted by Crippen LogP contribution is -2.51. The number of rotatable bonds is 9. The number of ether oxygens (including phenoxy) is 1. The van der Waals surface area contributed by atoms with Gasteiger partial charge in [0.25, 0.3) is 5.91 Å². The van der Waals surface area contributed by atoms with E-state index in [9.17, 15) is 28.8 Å². The molecule has 10 nitrogen and oxygen atoms in total. The Morgan fingerprint density at radius 2 is 1.63 bits per heavy atom. The third kappa shape index (κ3) is 9.72. The molecular formula is C42H67N3O7. The van der Waals surface area contributed by atoms with E-state index in [4.69, 9.17) is 4.74 Å². The van der Waals surface area contributed by atoms with Crippen LogP contribution in [0.25, 0.3) is 0 Å². The smallest absolute Gasteiger partial charge is 0.287 e. The minimum absolute atomic E-state index is 0.00609. The van der Waals surface area contributed by atoms with Crippen LogP contribution < -0.4 is 5.32 Å². The standard InChI is InChI=1S/C42H67N3O7/c1-26-31(22-30(46)21-28(40(2,3)4)24-44-18-17-41(5,6)23-34(44)48)39(51)45-25-32-35(42(32,7)8)36(45)33(47)20-27(14-12-10-9-11-13-19-52-26)37(49)38(50)43-29-15-16-29/h26-29,31-32,35-36H,9-25H2,1-8H3,(H,43,50)/t26-,27+,28+,31-,32-,35-,36+/m0/s1. The molecule has 3 aliphatic heterocycles. The maximum atomic E-state index is 14.7. The summed E-state index contributed by atoms with van der Waals surface area (Å²) in [4.78, 5) is 86.2. The average Bonchev–Trinajstić information content (AvgIpc) is 3.90. The van der Waals surface area contributed by atoms with Crippen LogP contribution in [-0.2, 0) is 33.5 Å². The summed E-state index contributed by atoms with van der Waals surface area (Å²) in [5.74, 6) is -2.80. The molecule has 0 aromatic heterocycles. The average molecular weight is 726 g/mol. The number of ketones is 3.